The molecule has 0 radical (unpaired) electrons. The Morgan fingerprint density at radius 3 is 2.58 bits per heavy atom. The van der Waals surface area contributed by atoms with Crippen molar-refractivity contribution in [3.8, 4) is 0 Å². The summed E-state index contributed by atoms with van der Waals surface area (Å²) >= 11 is 4.74. The minimum atomic E-state index is -0.781. The number of ether oxygens (including phenoxy) is 2. The molecule has 0 bridgehead atoms. The molecule has 1 aliphatic carbocycles. The number of benzene rings is 1. The van der Waals surface area contributed by atoms with Gasteiger partial charge in [-0.2, -0.15) is 0 Å². The molecule has 0 spiro atoms. The maximum atomic E-state index is 14.4. The Morgan fingerprint density at radius 2 is 1.94 bits per heavy atom. The minimum Gasteiger partial charge on any atom is -0.469 e. The van der Waals surface area contributed by atoms with Crippen molar-refractivity contribution < 1.29 is 23.5 Å². The van der Waals surface area contributed by atoms with Gasteiger partial charge in [-0.1, -0.05) is 12.1 Å². The van der Waals surface area contributed by atoms with E-state index in [-0.39, 0.29) is 22.3 Å². The number of allylic oxidation sites excluding steroid dienone is 1. The monoisotopic (exact) mass is 535 g/mol. The number of hydrogen-bond donors (Lipinski definition) is 1. The van der Waals surface area contributed by atoms with Crippen LogP contribution < -0.4 is 5.32 Å². The minimum absolute atomic E-state index is 0.0275. The zero-order valence-electron chi connectivity index (χ0n) is 18.1. The highest BCUT2D eigenvalue weighted by molar-refractivity contribution is 9.10. The lowest BCUT2D eigenvalue weighted by atomic mass is 9.78. The molecule has 0 amide bonds. The van der Waals surface area contributed by atoms with Crippen LogP contribution in [0, 0.1) is 17.7 Å². The van der Waals surface area contributed by atoms with E-state index < -0.39 is 17.8 Å². The van der Waals surface area contributed by atoms with Crippen molar-refractivity contribution in [2.75, 3.05) is 14.2 Å². The van der Waals surface area contributed by atoms with Gasteiger partial charge in [0, 0.05) is 17.3 Å². The first kappa shape index (κ1) is 23.6. The fraction of sp³-hybridized carbons (Fsp3) is 0.391. The lowest BCUT2D eigenvalue weighted by molar-refractivity contribution is -0.146. The number of methoxy groups -OCH3 is 2. The Balaban J connectivity index is 1.80. The average molecular weight is 536 g/mol. The average Bonchev–Trinajstić information content (AvgIpc) is 3.39. The third-order valence-corrected chi connectivity index (χ3v) is 7.68. The third-order valence-electron chi connectivity index (χ3n) is 6.06. The van der Waals surface area contributed by atoms with E-state index >= 15 is 0 Å². The molecule has 2 aliphatic rings. The molecule has 1 atom stereocenters. The highest BCUT2D eigenvalue weighted by Crippen LogP contribution is 2.42. The summed E-state index contributed by atoms with van der Waals surface area (Å²) in [6.45, 7) is 0. The molecule has 2 heterocycles. The molecule has 1 aromatic heterocycles. The van der Waals surface area contributed by atoms with E-state index in [1.165, 1.54) is 31.6 Å². The van der Waals surface area contributed by atoms with Crippen molar-refractivity contribution in [1.82, 2.24) is 10.3 Å². The van der Waals surface area contributed by atoms with Crippen LogP contribution in [0.4, 0.5) is 4.39 Å². The number of esters is 2. The van der Waals surface area contributed by atoms with Crippen LogP contribution in [0.2, 0.25) is 0 Å². The number of carbonyl (C=O) groups is 2. The predicted molar refractivity (Wildman–Crippen MR) is 125 cm³/mol. The Labute approximate surface area is 203 Å². The first-order valence-corrected chi connectivity index (χ1v) is 12.2. The van der Waals surface area contributed by atoms with E-state index in [0.29, 0.717) is 53.4 Å². The SMILES string of the molecule is COC(=O)C1=C(C2CCC(C(=O)OC)CC2)NC(c2nccs2)=NC1c1cccc(F)c1Br. The molecule has 1 aliphatic heterocycles. The van der Waals surface area contributed by atoms with Gasteiger partial charge in [0.2, 0.25) is 0 Å². The summed E-state index contributed by atoms with van der Waals surface area (Å²) < 4.78 is 24.7. The molecular weight excluding hydrogens is 513 g/mol. The predicted octanol–water partition coefficient (Wildman–Crippen LogP) is 4.54. The number of aliphatic imine (C=N–C) groups is 1. The fourth-order valence-corrected chi connectivity index (χ4v) is 5.48. The quantitative estimate of drug-likeness (QED) is 0.565. The number of hydrogen-bond acceptors (Lipinski definition) is 8. The summed E-state index contributed by atoms with van der Waals surface area (Å²) in [5.74, 6) is -0.850. The standard InChI is InChI=1S/C23H23BrFN3O4S/c1-31-22(29)13-8-6-12(7-9-13)18-16(23(30)32-2)19(14-4-3-5-15(25)17(14)24)28-20(27-18)21-26-10-11-33-21/h3-5,10-13,19H,6-9H2,1-2H3,(H,27,28). The molecule has 7 nitrogen and oxygen atoms in total. The van der Waals surface area contributed by atoms with E-state index in [2.05, 4.69) is 26.2 Å². The molecule has 1 aromatic carbocycles. The van der Waals surface area contributed by atoms with E-state index in [1.807, 2.05) is 5.38 Å². The van der Waals surface area contributed by atoms with Crippen molar-refractivity contribution >= 4 is 45.0 Å². The molecule has 2 aromatic rings. The Kier molecular flexibility index (Phi) is 7.23. The van der Waals surface area contributed by atoms with Crippen molar-refractivity contribution in [3.63, 3.8) is 0 Å². The van der Waals surface area contributed by atoms with Crippen molar-refractivity contribution in [3.05, 3.63) is 61.9 Å². The Hall–Kier alpha value is -2.59. The van der Waals surface area contributed by atoms with Crippen molar-refractivity contribution in [1.29, 1.82) is 0 Å². The number of halogens is 2. The number of carbonyl (C=O) groups excluding carboxylic acids is 2. The summed E-state index contributed by atoms with van der Waals surface area (Å²) in [6, 6.07) is 3.89. The van der Waals surface area contributed by atoms with Gasteiger partial charge in [0.1, 0.15) is 11.9 Å². The number of thiazole rings is 1. The van der Waals surface area contributed by atoms with Crippen LogP contribution in [0.15, 0.2) is 50.5 Å². The second kappa shape index (κ2) is 10.1. The van der Waals surface area contributed by atoms with E-state index in [4.69, 9.17) is 14.5 Å². The maximum absolute atomic E-state index is 14.4. The van der Waals surface area contributed by atoms with Crippen LogP contribution in [0.1, 0.15) is 42.3 Å². The van der Waals surface area contributed by atoms with E-state index in [9.17, 15) is 14.0 Å². The van der Waals surface area contributed by atoms with Gasteiger partial charge >= 0.3 is 11.9 Å². The topological polar surface area (TPSA) is 89.9 Å². The van der Waals surface area contributed by atoms with Crippen molar-refractivity contribution in [2.45, 2.75) is 31.7 Å². The lowest BCUT2D eigenvalue weighted by Crippen LogP contribution is -2.38. The summed E-state index contributed by atoms with van der Waals surface area (Å²) in [4.78, 5) is 34.2. The van der Waals surface area contributed by atoms with Crippen molar-refractivity contribution in [2.24, 2.45) is 16.8 Å². The summed E-state index contributed by atoms with van der Waals surface area (Å²) in [5.41, 5.74) is 1.55. The Morgan fingerprint density at radius 1 is 1.18 bits per heavy atom. The molecular formula is C23H23BrFN3O4S. The van der Waals surface area contributed by atoms with E-state index in [0.717, 1.165) is 0 Å². The maximum Gasteiger partial charge on any atom is 0.338 e. The number of nitrogens with one attached hydrogen (secondary N) is 1. The van der Waals surface area contributed by atoms with Gasteiger partial charge in [-0.3, -0.25) is 9.79 Å². The largest absolute Gasteiger partial charge is 0.469 e. The zero-order valence-corrected chi connectivity index (χ0v) is 20.5. The molecule has 33 heavy (non-hydrogen) atoms. The van der Waals surface area contributed by atoms with Crippen LogP contribution >= 0.6 is 27.3 Å². The number of aromatic nitrogens is 1. The van der Waals surface area contributed by atoms with Gasteiger partial charge in [0.05, 0.1) is 30.2 Å². The molecule has 1 saturated carbocycles. The molecule has 4 rings (SSSR count). The first-order valence-electron chi connectivity index (χ1n) is 10.5. The van der Waals surface area contributed by atoms with Crippen LogP contribution in [-0.2, 0) is 19.1 Å². The summed E-state index contributed by atoms with van der Waals surface area (Å²) in [7, 11) is 2.71. The number of rotatable bonds is 5. The van der Waals surface area contributed by atoms with Gasteiger partial charge in [-0.15, -0.1) is 11.3 Å². The van der Waals surface area contributed by atoms with Gasteiger partial charge in [0.15, 0.2) is 10.8 Å². The van der Waals surface area contributed by atoms with Crippen LogP contribution in [0.25, 0.3) is 0 Å². The third kappa shape index (κ3) is 4.72. The number of amidine groups is 1. The number of nitrogens with zero attached hydrogens (tertiary/aromatic N) is 2. The Bertz CT molecular complexity index is 1110. The zero-order chi connectivity index (χ0) is 23.5. The molecule has 0 saturated heterocycles. The fourth-order valence-electron chi connectivity index (χ4n) is 4.41. The molecule has 1 fully saturated rings. The van der Waals surface area contributed by atoms with Crippen LogP contribution in [0.3, 0.4) is 0 Å². The lowest BCUT2D eigenvalue weighted by Gasteiger charge is -2.34. The molecule has 174 valence electrons. The summed E-state index contributed by atoms with van der Waals surface area (Å²) in [6.07, 6.45) is 4.34. The second-order valence-corrected chi connectivity index (χ2v) is 9.56. The highest BCUT2D eigenvalue weighted by Gasteiger charge is 2.38. The normalized spacial score (nSPS) is 22.9. The molecule has 1 unspecified atom stereocenters. The van der Waals surface area contributed by atoms with Crippen LogP contribution in [-0.4, -0.2) is 37.0 Å². The van der Waals surface area contributed by atoms with Gasteiger partial charge < -0.3 is 14.8 Å². The first-order chi connectivity index (χ1) is 15.9. The molecule has 10 heteroatoms. The molecule has 1 N–H and O–H groups in total. The summed E-state index contributed by atoms with van der Waals surface area (Å²) in [5, 5.41) is 5.84. The smallest absolute Gasteiger partial charge is 0.338 e. The second-order valence-electron chi connectivity index (χ2n) is 7.88. The van der Waals surface area contributed by atoms with Gasteiger partial charge in [0.25, 0.3) is 0 Å². The van der Waals surface area contributed by atoms with E-state index in [1.54, 1.807) is 18.3 Å². The van der Waals surface area contributed by atoms with Gasteiger partial charge in [-0.25, -0.2) is 14.2 Å². The van der Waals surface area contributed by atoms with Crippen LogP contribution in [0.5, 0.6) is 0 Å². The highest BCUT2D eigenvalue weighted by atomic mass is 79.9. The van der Waals surface area contributed by atoms with Gasteiger partial charge in [-0.05, 0) is 59.2 Å².